The van der Waals surface area contributed by atoms with Crippen LogP contribution in [0.3, 0.4) is 0 Å². The van der Waals surface area contributed by atoms with Gasteiger partial charge in [0.15, 0.2) is 5.16 Å². The van der Waals surface area contributed by atoms with E-state index in [4.69, 9.17) is 4.74 Å². The normalized spacial score (nSPS) is 14.1. The van der Waals surface area contributed by atoms with E-state index in [0.717, 1.165) is 55.2 Å². The van der Waals surface area contributed by atoms with Gasteiger partial charge in [0.2, 0.25) is 5.91 Å². The van der Waals surface area contributed by atoms with Gasteiger partial charge in [-0.25, -0.2) is 4.79 Å². The van der Waals surface area contributed by atoms with Crippen LogP contribution in [0.25, 0.3) is 0 Å². The maximum atomic E-state index is 12.8. The van der Waals surface area contributed by atoms with Crippen LogP contribution in [-0.4, -0.2) is 39.5 Å². The monoisotopic (exact) mass is 464 g/mol. The van der Waals surface area contributed by atoms with E-state index in [9.17, 15) is 9.59 Å². The molecular formula is C22H32N4O3S2. The maximum absolute atomic E-state index is 12.8. The molecule has 1 aliphatic carbocycles. The second-order valence-electron chi connectivity index (χ2n) is 8.10. The lowest BCUT2D eigenvalue weighted by atomic mass is 9.96. The molecule has 1 N–H and O–H groups in total. The lowest BCUT2D eigenvalue weighted by molar-refractivity contribution is -0.113. The quantitative estimate of drug-likeness (QED) is 0.435. The number of thioether (sulfide) groups is 1. The van der Waals surface area contributed by atoms with Crippen LogP contribution in [0.1, 0.15) is 85.4 Å². The zero-order valence-corrected chi connectivity index (χ0v) is 20.5. The average molecular weight is 465 g/mol. The molecule has 2 aromatic heterocycles. The first-order valence-electron chi connectivity index (χ1n) is 11.0. The summed E-state index contributed by atoms with van der Waals surface area (Å²) in [7, 11) is 1.39. The molecule has 0 saturated carbocycles. The number of ether oxygens (including phenoxy) is 1. The molecule has 2 aromatic rings. The van der Waals surface area contributed by atoms with Crippen molar-refractivity contribution in [3.63, 3.8) is 0 Å². The number of carbonyl (C=O) groups is 2. The Kier molecular flexibility index (Phi) is 8.54. The van der Waals surface area contributed by atoms with Crippen LogP contribution in [0, 0.1) is 0 Å². The predicted molar refractivity (Wildman–Crippen MR) is 125 cm³/mol. The molecular weight excluding hydrogens is 432 g/mol. The summed E-state index contributed by atoms with van der Waals surface area (Å²) in [6, 6.07) is 0. The number of nitrogens with zero attached hydrogens (tertiary/aromatic N) is 3. The number of hydrogen-bond acceptors (Lipinski definition) is 7. The van der Waals surface area contributed by atoms with Crippen molar-refractivity contribution in [3.05, 3.63) is 21.8 Å². The van der Waals surface area contributed by atoms with Gasteiger partial charge in [-0.1, -0.05) is 45.4 Å². The van der Waals surface area contributed by atoms with E-state index in [2.05, 4.69) is 40.9 Å². The standard InChI is InChI=1S/C22H32N4O3S2/c1-5-12-26-19(14(2)3)24-25-22(26)30-13-17(27)23-20-18(21(28)29-4)15-10-8-6-7-9-11-16(15)31-20/h14H,5-13H2,1-4H3,(H,23,27). The molecule has 0 saturated heterocycles. The van der Waals surface area contributed by atoms with E-state index in [1.54, 1.807) is 0 Å². The summed E-state index contributed by atoms with van der Waals surface area (Å²) in [5.74, 6) is 0.904. The van der Waals surface area contributed by atoms with Gasteiger partial charge in [-0.15, -0.1) is 21.5 Å². The van der Waals surface area contributed by atoms with Crippen molar-refractivity contribution < 1.29 is 14.3 Å². The molecule has 0 aromatic carbocycles. The summed E-state index contributed by atoms with van der Waals surface area (Å²) in [6.07, 6.45) is 7.34. The molecule has 9 heteroatoms. The molecule has 0 radical (unpaired) electrons. The third kappa shape index (κ3) is 5.68. The van der Waals surface area contributed by atoms with E-state index in [1.807, 2.05) is 0 Å². The van der Waals surface area contributed by atoms with Crippen molar-refractivity contribution in [2.45, 2.75) is 83.3 Å². The molecule has 2 heterocycles. The minimum absolute atomic E-state index is 0.151. The lowest BCUT2D eigenvalue weighted by Crippen LogP contribution is -2.17. The molecule has 0 unspecified atom stereocenters. The van der Waals surface area contributed by atoms with Crippen LogP contribution in [0.5, 0.6) is 0 Å². The van der Waals surface area contributed by atoms with Crippen molar-refractivity contribution in [1.82, 2.24) is 14.8 Å². The third-order valence-corrected chi connectivity index (χ3v) is 7.53. The van der Waals surface area contributed by atoms with Crippen molar-refractivity contribution >= 4 is 40.0 Å². The van der Waals surface area contributed by atoms with Crippen molar-refractivity contribution in [2.75, 3.05) is 18.2 Å². The van der Waals surface area contributed by atoms with Gasteiger partial charge in [-0.2, -0.15) is 0 Å². The van der Waals surface area contributed by atoms with Crippen LogP contribution >= 0.6 is 23.1 Å². The Morgan fingerprint density at radius 3 is 2.61 bits per heavy atom. The van der Waals surface area contributed by atoms with Crippen LogP contribution in [0.4, 0.5) is 5.00 Å². The summed E-state index contributed by atoms with van der Waals surface area (Å²) >= 11 is 2.90. The number of aromatic nitrogens is 3. The minimum atomic E-state index is -0.370. The van der Waals surface area contributed by atoms with Crippen molar-refractivity contribution in [2.24, 2.45) is 0 Å². The number of fused-ring (bicyclic) bond motifs is 1. The van der Waals surface area contributed by atoms with Gasteiger partial charge in [0, 0.05) is 17.3 Å². The van der Waals surface area contributed by atoms with Crippen LogP contribution in [0.15, 0.2) is 5.16 Å². The molecule has 1 amide bonds. The largest absolute Gasteiger partial charge is 0.465 e. The summed E-state index contributed by atoms with van der Waals surface area (Å²) in [4.78, 5) is 26.5. The fourth-order valence-electron chi connectivity index (χ4n) is 3.89. The average Bonchev–Trinajstić information content (AvgIpc) is 3.27. The summed E-state index contributed by atoms with van der Waals surface area (Å²) in [6.45, 7) is 7.13. The molecule has 0 spiro atoms. The first-order valence-corrected chi connectivity index (χ1v) is 12.8. The minimum Gasteiger partial charge on any atom is -0.465 e. The van der Waals surface area contributed by atoms with Gasteiger partial charge in [0.25, 0.3) is 0 Å². The Morgan fingerprint density at radius 2 is 1.94 bits per heavy atom. The van der Waals surface area contributed by atoms with E-state index >= 15 is 0 Å². The zero-order valence-electron chi connectivity index (χ0n) is 18.8. The summed E-state index contributed by atoms with van der Waals surface area (Å²) in [5, 5.41) is 12.9. The molecule has 170 valence electrons. The number of nitrogens with one attached hydrogen (secondary N) is 1. The number of rotatable bonds is 8. The Morgan fingerprint density at radius 1 is 1.19 bits per heavy atom. The molecule has 31 heavy (non-hydrogen) atoms. The second kappa shape index (κ2) is 11.1. The summed E-state index contributed by atoms with van der Waals surface area (Å²) in [5.41, 5.74) is 1.60. The number of carbonyl (C=O) groups excluding carboxylic acids is 2. The van der Waals surface area contributed by atoms with Crippen molar-refractivity contribution in [3.8, 4) is 0 Å². The smallest absolute Gasteiger partial charge is 0.341 e. The molecule has 1 aliphatic rings. The van der Waals surface area contributed by atoms with E-state index in [1.165, 1.54) is 47.9 Å². The molecule has 3 rings (SSSR count). The highest BCUT2D eigenvalue weighted by atomic mass is 32.2. The zero-order chi connectivity index (χ0) is 22.4. The fraction of sp³-hybridized carbons (Fsp3) is 0.636. The first kappa shape index (κ1) is 23.8. The van der Waals surface area contributed by atoms with Gasteiger partial charge in [0.05, 0.1) is 18.4 Å². The Bertz CT molecular complexity index is 920. The number of amides is 1. The third-order valence-electron chi connectivity index (χ3n) is 5.36. The van der Waals surface area contributed by atoms with Crippen LogP contribution < -0.4 is 5.32 Å². The number of hydrogen-bond donors (Lipinski definition) is 1. The topological polar surface area (TPSA) is 86.1 Å². The van der Waals surface area contributed by atoms with E-state index in [0.29, 0.717) is 10.6 Å². The SMILES string of the molecule is CCCn1c(SCC(=O)Nc2sc3c(c2C(=O)OC)CCCCCC3)nnc1C(C)C. The number of esters is 1. The molecule has 0 bridgehead atoms. The van der Waals surface area contributed by atoms with Gasteiger partial charge in [0.1, 0.15) is 10.8 Å². The Labute approximate surface area is 192 Å². The first-order chi connectivity index (χ1) is 15.0. The Balaban J connectivity index is 1.75. The second-order valence-corrected chi connectivity index (χ2v) is 10.1. The lowest BCUT2D eigenvalue weighted by Gasteiger charge is -2.11. The van der Waals surface area contributed by atoms with Crippen LogP contribution in [-0.2, 0) is 28.9 Å². The number of methoxy groups -OCH3 is 1. The Hall–Kier alpha value is -1.87. The van der Waals surface area contributed by atoms with Gasteiger partial charge < -0.3 is 14.6 Å². The molecule has 7 nitrogen and oxygen atoms in total. The highest BCUT2D eigenvalue weighted by Gasteiger charge is 2.26. The van der Waals surface area contributed by atoms with Gasteiger partial charge in [-0.05, 0) is 37.7 Å². The summed E-state index contributed by atoms with van der Waals surface area (Å²) < 4.78 is 7.14. The molecule has 0 atom stereocenters. The maximum Gasteiger partial charge on any atom is 0.341 e. The predicted octanol–water partition coefficient (Wildman–Crippen LogP) is 5.05. The van der Waals surface area contributed by atoms with Crippen LogP contribution in [0.2, 0.25) is 0 Å². The highest BCUT2D eigenvalue weighted by Crippen LogP contribution is 2.37. The fourth-order valence-corrected chi connectivity index (χ4v) is 5.95. The molecule has 0 fully saturated rings. The van der Waals surface area contributed by atoms with E-state index < -0.39 is 0 Å². The number of aryl methyl sites for hydroxylation is 1. The van der Waals surface area contributed by atoms with Gasteiger partial charge >= 0.3 is 5.97 Å². The van der Waals surface area contributed by atoms with Gasteiger partial charge in [-0.3, -0.25) is 4.79 Å². The van der Waals surface area contributed by atoms with E-state index in [-0.39, 0.29) is 23.5 Å². The number of anilines is 1. The number of thiophene rings is 1. The molecule has 0 aliphatic heterocycles. The highest BCUT2D eigenvalue weighted by molar-refractivity contribution is 7.99. The van der Waals surface area contributed by atoms with Crippen molar-refractivity contribution in [1.29, 1.82) is 0 Å².